The SMILES string of the molecule is COc1ccc(-c2cc3cc(OC)ccc3[nH]2)c(CC(O)c2ccccc2)c1. The zero-order valence-corrected chi connectivity index (χ0v) is 16.0. The molecule has 0 fully saturated rings. The van der Waals surface area contributed by atoms with E-state index in [4.69, 9.17) is 9.47 Å². The van der Waals surface area contributed by atoms with Crippen molar-refractivity contribution in [2.75, 3.05) is 14.2 Å². The summed E-state index contributed by atoms with van der Waals surface area (Å²) in [6.07, 6.45) is -0.0913. The zero-order valence-electron chi connectivity index (χ0n) is 16.0. The Morgan fingerprint density at radius 2 is 1.57 bits per heavy atom. The van der Waals surface area contributed by atoms with Crippen molar-refractivity contribution in [2.24, 2.45) is 0 Å². The number of hydrogen-bond donors (Lipinski definition) is 2. The molecule has 1 unspecified atom stereocenters. The molecule has 4 nitrogen and oxygen atoms in total. The highest BCUT2D eigenvalue weighted by molar-refractivity contribution is 5.87. The van der Waals surface area contributed by atoms with E-state index in [1.165, 1.54) is 0 Å². The minimum absolute atomic E-state index is 0.495. The summed E-state index contributed by atoms with van der Waals surface area (Å²) in [4.78, 5) is 3.48. The molecule has 3 aromatic carbocycles. The van der Waals surface area contributed by atoms with Gasteiger partial charge in [0, 0.05) is 28.6 Å². The quantitative estimate of drug-likeness (QED) is 0.493. The molecule has 0 aliphatic carbocycles. The van der Waals surface area contributed by atoms with Crippen LogP contribution in [0.2, 0.25) is 0 Å². The van der Waals surface area contributed by atoms with Gasteiger partial charge in [0.1, 0.15) is 11.5 Å². The largest absolute Gasteiger partial charge is 0.497 e. The van der Waals surface area contributed by atoms with E-state index in [0.29, 0.717) is 6.42 Å². The van der Waals surface area contributed by atoms with Crippen molar-refractivity contribution >= 4 is 10.9 Å². The summed E-state index contributed by atoms with van der Waals surface area (Å²) < 4.78 is 10.7. The van der Waals surface area contributed by atoms with Crippen LogP contribution in [0.4, 0.5) is 0 Å². The van der Waals surface area contributed by atoms with Gasteiger partial charge in [-0.2, -0.15) is 0 Å². The summed E-state index contributed by atoms with van der Waals surface area (Å²) in [6.45, 7) is 0. The number of rotatable bonds is 6. The molecule has 0 spiro atoms. The van der Waals surface area contributed by atoms with Crippen LogP contribution in [0, 0.1) is 0 Å². The molecule has 1 aromatic heterocycles. The maximum Gasteiger partial charge on any atom is 0.119 e. The number of H-pyrrole nitrogens is 1. The van der Waals surface area contributed by atoms with Gasteiger partial charge < -0.3 is 19.6 Å². The third-order valence-electron chi connectivity index (χ3n) is 5.03. The number of aromatic amines is 1. The number of nitrogens with one attached hydrogen (secondary N) is 1. The molecule has 142 valence electrons. The van der Waals surface area contributed by atoms with Crippen molar-refractivity contribution in [3.63, 3.8) is 0 Å². The van der Waals surface area contributed by atoms with Crippen molar-refractivity contribution < 1.29 is 14.6 Å². The smallest absolute Gasteiger partial charge is 0.119 e. The Bertz CT molecular complexity index is 1090. The third-order valence-corrected chi connectivity index (χ3v) is 5.03. The Labute approximate surface area is 164 Å². The molecule has 28 heavy (non-hydrogen) atoms. The Balaban J connectivity index is 1.74. The molecule has 0 aliphatic heterocycles. The molecule has 0 radical (unpaired) electrons. The van der Waals surface area contributed by atoms with E-state index in [1.807, 2.05) is 66.7 Å². The second-order valence-electron chi connectivity index (χ2n) is 6.79. The Morgan fingerprint density at radius 1 is 0.857 bits per heavy atom. The fraction of sp³-hybridized carbons (Fsp3) is 0.167. The van der Waals surface area contributed by atoms with Gasteiger partial charge in [-0.3, -0.25) is 0 Å². The van der Waals surface area contributed by atoms with Crippen molar-refractivity contribution in [1.29, 1.82) is 0 Å². The van der Waals surface area contributed by atoms with E-state index in [0.717, 1.165) is 44.8 Å². The monoisotopic (exact) mass is 373 g/mol. The topological polar surface area (TPSA) is 54.5 Å². The van der Waals surface area contributed by atoms with Gasteiger partial charge in [-0.05, 0) is 53.6 Å². The van der Waals surface area contributed by atoms with Crippen LogP contribution in [-0.2, 0) is 6.42 Å². The predicted octanol–water partition coefficient (Wildman–Crippen LogP) is 5.13. The highest BCUT2D eigenvalue weighted by Crippen LogP contribution is 2.33. The molecule has 0 saturated heterocycles. The highest BCUT2D eigenvalue weighted by Gasteiger charge is 2.15. The first-order valence-electron chi connectivity index (χ1n) is 9.25. The molecule has 1 heterocycles. The first kappa shape index (κ1) is 18.1. The van der Waals surface area contributed by atoms with Crippen molar-refractivity contribution in [1.82, 2.24) is 4.98 Å². The normalized spacial score (nSPS) is 12.1. The predicted molar refractivity (Wildman–Crippen MR) is 112 cm³/mol. The van der Waals surface area contributed by atoms with E-state index >= 15 is 0 Å². The summed E-state index contributed by atoms with van der Waals surface area (Å²) in [7, 11) is 3.32. The van der Waals surface area contributed by atoms with E-state index in [2.05, 4.69) is 11.1 Å². The van der Waals surface area contributed by atoms with Crippen molar-refractivity contribution in [3.8, 4) is 22.8 Å². The lowest BCUT2D eigenvalue weighted by atomic mass is 9.95. The van der Waals surface area contributed by atoms with Crippen LogP contribution in [-0.4, -0.2) is 24.3 Å². The molecular formula is C24H23NO3. The minimum Gasteiger partial charge on any atom is -0.497 e. The van der Waals surface area contributed by atoms with Crippen LogP contribution in [0.1, 0.15) is 17.2 Å². The van der Waals surface area contributed by atoms with Gasteiger partial charge in [0.15, 0.2) is 0 Å². The van der Waals surface area contributed by atoms with Gasteiger partial charge in [0.05, 0.1) is 20.3 Å². The summed E-state index contributed by atoms with van der Waals surface area (Å²) in [5.41, 5.74) is 5.01. The number of aliphatic hydroxyl groups is 1. The average Bonchev–Trinajstić information content (AvgIpc) is 3.17. The van der Waals surface area contributed by atoms with Gasteiger partial charge in [-0.25, -0.2) is 0 Å². The first-order valence-corrected chi connectivity index (χ1v) is 9.25. The summed E-state index contributed by atoms with van der Waals surface area (Å²) >= 11 is 0. The highest BCUT2D eigenvalue weighted by atomic mass is 16.5. The fourth-order valence-corrected chi connectivity index (χ4v) is 3.51. The zero-order chi connectivity index (χ0) is 19.5. The fourth-order valence-electron chi connectivity index (χ4n) is 3.51. The van der Waals surface area contributed by atoms with Gasteiger partial charge in [-0.1, -0.05) is 30.3 Å². The third kappa shape index (κ3) is 3.59. The van der Waals surface area contributed by atoms with Gasteiger partial charge >= 0.3 is 0 Å². The van der Waals surface area contributed by atoms with Crippen LogP contribution in [0.15, 0.2) is 72.8 Å². The molecule has 2 N–H and O–H groups in total. The maximum absolute atomic E-state index is 10.7. The lowest BCUT2D eigenvalue weighted by Gasteiger charge is -2.15. The Hall–Kier alpha value is -3.24. The second-order valence-corrected chi connectivity index (χ2v) is 6.79. The molecule has 4 heteroatoms. The molecule has 1 atom stereocenters. The van der Waals surface area contributed by atoms with E-state index in [1.54, 1.807) is 14.2 Å². The maximum atomic E-state index is 10.7. The van der Waals surface area contributed by atoms with Crippen LogP contribution in [0.25, 0.3) is 22.2 Å². The summed E-state index contributed by atoms with van der Waals surface area (Å²) in [5.74, 6) is 1.60. The van der Waals surface area contributed by atoms with E-state index < -0.39 is 6.10 Å². The van der Waals surface area contributed by atoms with E-state index in [9.17, 15) is 5.11 Å². The van der Waals surface area contributed by atoms with Crippen LogP contribution < -0.4 is 9.47 Å². The summed E-state index contributed by atoms with van der Waals surface area (Å²) in [5, 5.41) is 11.8. The molecular weight excluding hydrogens is 350 g/mol. The van der Waals surface area contributed by atoms with E-state index in [-0.39, 0.29) is 0 Å². The lowest BCUT2D eigenvalue weighted by molar-refractivity contribution is 0.178. The number of aromatic nitrogens is 1. The Kier molecular flexibility index (Phi) is 5.04. The van der Waals surface area contributed by atoms with Crippen molar-refractivity contribution in [3.05, 3.63) is 83.9 Å². The van der Waals surface area contributed by atoms with Crippen LogP contribution >= 0.6 is 0 Å². The first-order chi connectivity index (χ1) is 13.7. The molecule has 0 aliphatic rings. The number of hydrogen-bond acceptors (Lipinski definition) is 3. The minimum atomic E-state index is -0.587. The van der Waals surface area contributed by atoms with Gasteiger partial charge in [-0.15, -0.1) is 0 Å². The number of methoxy groups -OCH3 is 2. The molecule has 0 amide bonds. The number of ether oxygens (including phenoxy) is 2. The lowest BCUT2D eigenvalue weighted by Crippen LogP contribution is -2.03. The number of aliphatic hydroxyl groups excluding tert-OH is 1. The standard InChI is InChI=1S/C24H23NO3/c1-27-19-8-10-21(17(12-19)15-24(26)16-6-4-3-5-7-16)23-14-18-13-20(28-2)9-11-22(18)25-23/h3-14,24-26H,15H2,1-2H3. The average molecular weight is 373 g/mol. The molecule has 0 saturated carbocycles. The molecule has 4 aromatic rings. The number of fused-ring (bicyclic) bond motifs is 1. The molecule has 0 bridgehead atoms. The number of benzene rings is 3. The van der Waals surface area contributed by atoms with Gasteiger partial charge in [0.2, 0.25) is 0 Å². The molecule has 4 rings (SSSR count). The second kappa shape index (κ2) is 7.79. The van der Waals surface area contributed by atoms with Crippen LogP contribution in [0.5, 0.6) is 11.5 Å². The van der Waals surface area contributed by atoms with Crippen LogP contribution in [0.3, 0.4) is 0 Å². The van der Waals surface area contributed by atoms with Gasteiger partial charge in [0.25, 0.3) is 0 Å². The summed E-state index contributed by atoms with van der Waals surface area (Å²) in [6, 6.07) is 23.8. The Morgan fingerprint density at radius 3 is 2.32 bits per heavy atom. The van der Waals surface area contributed by atoms with Crippen molar-refractivity contribution in [2.45, 2.75) is 12.5 Å².